The van der Waals surface area contributed by atoms with Gasteiger partial charge in [0.1, 0.15) is 11.2 Å². The fourth-order valence-corrected chi connectivity index (χ4v) is 6.49. The number of aromatic nitrogens is 2. The van der Waals surface area contributed by atoms with Crippen LogP contribution in [0.2, 0.25) is 0 Å². The molecule has 0 amide bonds. The molecule has 182 valence electrons. The van der Waals surface area contributed by atoms with E-state index in [4.69, 9.17) is 4.42 Å². The Bertz CT molecular complexity index is 2370. The molecule has 0 saturated carbocycles. The van der Waals surface area contributed by atoms with Crippen LogP contribution in [-0.4, -0.2) is 9.13 Å². The molecule has 0 aliphatic rings. The van der Waals surface area contributed by atoms with E-state index < -0.39 is 0 Å². The lowest BCUT2D eigenvalue weighted by molar-refractivity contribution is 0.669. The van der Waals surface area contributed by atoms with Gasteiger partial charge in [-0.2, -0.15) is 0 Å². The van der Waals surface area contributed by atoms with Crippen LogP contribution in [-0.2, 0) is 0 Å². The van der Waals surface area contributed by atoms with E-state index in [-0.39, 0.29) is 0 Å². The van der Waals surface area contributed by atoms with E-state index in [9.17, 15) is 0 Å². The summed E-state index contributed by atoms with van der Waals surface area (Å²) in [5.41, 5.74) is 8.91. The maximum Gasteiger partial charge on any atom is 0.136 e. The number of hydrogen-bond acceptors (Lipinski definition) is 1. The number of fused-ring (bicyclic) bond motifs is 10. The van der Waals surface area contributed by atoms with Gasteiger partial charge in [0.25, 0.3) is 0 Å². The second-order valence-corrected chi connectivity index (χ2v) is 10.2. The molecule has 0 aliphatic carbocycles. The third-order valence-corrected chi connectivity index (χ3v) is 8.09. The van der Waals surface area contributed by atoms with Crippen LogP contribution >= 0.6 is 0 Å². The average Bonchev–Trinajstić information content (AvgIpc) is 3.64. The van der Waals surface area contributed by atoms with Gasteiger partial charge in [-0.15, -0.1) is 0 Å². The number of rotatable bonds is 2. The highest BCUT2D eigenvalue weighted by molar-refractivity contribution is 6.29. The largest absolute Gasteiger partial charge is 0.456 e. The fraction of sp³-hybridized carbons (Fsp3) is 0. The quantitative estimate of drug-likeness (QED) is 0.233. The van der Waals surface area contributed by atoms with E-state index in [1.54, 1.807) is 0 Å². The monoisotopic (exact) mass is 498 g/mol. The van der Waals surface area contributed by atoms with Crippen LogP contribution < -0.4 is 0 Å². The lowest BCUT2D eigenvalue weighted by Gasteiger charge is -2.10. The third-order valence-electron chi connectivity index (χ3n) is 8.09. The molecule has 0 N–H and O–H groups in total. The van der Waals surface area contributed by atoms with Gasteiger partial charge in [-0.05, 0) is 60.7 Å². The van der Waals surface area contributed by atoms with Gasteiger partial charge in [0.2, 0.25) is 0 Å². The number of furan rings is 1. The first kappa shape index (κ1) is 20.7. The molecule has 0 spiro atoms. The summed E-state index contributed by atoms with van der Waals surface area (Å²) in [6.07, 6.45) is 0. The van der Waals surface area contributed by atoms with Crippen LogP contribution in [0, 0.1) is 0 Å². The van der Waals surface area contributed by atoms with Gasteiger partial charge in [0, 0.05) is 43.7 Å². The maximum absolute atomic E-state index is 6.33. The summed E-state index contributed by atoms with van der Waals surface area (Å²) in [5.74, 6) is 0. The van der Waals surface area contributed by atoms with Crippen molar-refractivity contribution in [2.24, 2.45) is 0 Å². The number of hydrogen-bond donors (Lipinski definition) is 0. The molecule has 0 radical (unpaired) electrons. The first-order chi connectivity index (χ1) is 19.4. The second-order valence-electron chi connectivity index (χ2n) is 10.2. The Kier molecular flexibility index (Phi) is 4.05. The minimum absolute atomic E-state index is 0.919. The van der Waals surface area contributed by atoms with Crippen molar-refractivity contribution in [1.82, 2.24) is 9.13 Å². The van der Waals surface area contributed by atoms with Gasteiger partial charge in [-0.3, -0.25) is 0 Å². The molecule has 3 heteroatoms. The van der Waals surface area contributed by atoms with Gasteiger partial charge < -0.3 is 13.6 Å². The lowest BCUT2D eigenvalue weighted by Crippen LogP contribution is -1.95. The van der Waals surface area contributed by atoms with Crippen molar-refractivity contribution in [3.05, 3.63) is 133 Å². The summed E-state index contributed by atoms with van der Waals surface area (Å²) in [4.78, 5) is 0. The Labute approximate surface area is 223 Å². The van der Waals surface area contributed by atoms with Crippen LogP contribution in [0.4, 0.5) is 0 Å². The van der Waals surface area contributed by atoms with E-state index in [1.807, 2.05) is 6.07 Å². The molecule has 3 nitrogen and oxygen atoms in total. The Morgan fingerprint density at radius 3 is 1.74 bits per heavy atom. The average molecular weight is 499 g/mol. The van der Waals surface area contributed by atoms with Crippen molar-refractivity contribution < 1.29 is 4.42 Å². The zero-order chi connectivity index (χ0) is 25.5. The minimum Gasteiger partial charge on any atom is -0.456 e. The molecule has 0 fully saturated rings. The zero-order valence-electron chi connectivity index (χ0n) is 21.0. The van der Waals surface area contributed by atoms with Crippen molar-refractivity contribution in [3.63, 3.8) is 0 Å². The summed E-state index contributed by atoms with van der Waals surface area (Å²) >= 11 is 0. The van der Waals surface area contributed by atoms with Crippen LogP contribution in [0.15, 0.2) is 138 Å². The molecule has 0 atom stereocenters. The highest BCUT2D eigenvalue weighted by Gasteiger charge is 2.21. The summed E-state index contributed by atoms with van der Waals surface area (Å²) in [6.45, 7) is 0. The summed E-state index contributed by atoms with van der Waals surface area (Å²) in [7, 11) is 0. The third kappa shape index (κ3) is 2.76. The van der Waals surface area contributed by atoms with Gasteiger partial charge >= 0.3 is 0 Å². The molecular weight excluding hydrogens is 476 g/mol. The summed E-state index contributed by atoms with van der Waals surface area (Å²) < 4.78 is 11.1. The Hall–Kier alpha value is -5.28. The van der Waals surface area contributed by atoms with Gasteiger partial charge in [0.15, 0.2) is 0 Å². The Balaban J connectivity index is 1.55. The summed E-state index contributed by atoms with van der Waals surface area (Å²) in [5, 5.41) is 7.29. The first-order valence-corrected chi connectivity index (χ1v) is 13.3. The van der Waals surface area contributed by atoms with Crippen molar-refractivity contribution in [1.29, 1.82) is 0 Å². The van der Waals surface area contributed by atoms with Crippen LogP contribution in [0.5, 0.6) is 0 Å². The topological polar surface area (TPSA) is 23.0 Å². The number of para-hydroxylation sites is 4. The first-order valence-electron chi connectivity index (χ1n) is 13.3. The zero-order valence-corrected chi connectivity index (χ0v) is 21.0. The van der Waals surface area contributed by atoms with E-state index in [1.165, 1.54) is 49.0 Å². The molecule has 3 heterocycles. The van der Waals surface area contributed by atoms with E-state index >= 15 is 0 Å². The molecular formula is C36H22N2O. The SMILES string of the molecule is c1ccc(-n2c3ccccc3c3cc4c5c6c(ccc5n(-c5ccccc5)c4cc32)oc2ccccc26)cc1. The van der Waals surface area contributed by atoms with Crippen LogP contribution in [0.3, 0.4) is 0 Å². The highest BCUT2D eigenvalue weighted by atomic mass is 16.3. The predicted octanol–water partition coefficient (Wildman–Crippen LogP) is 9.78. The standard InChI is InChI=1S/C36H22N2O/c1-3-11-23(12-4-1)37-29-17-9-7-15-25(29)27-21-28-32(22-31(27)37)38(24-13-5-2-6-14-24)30-19-20-34-36(35(28)30)26-16-8-10-18-33(26)39-34/h1-22H. The molecule has 39 heavy (non-hydrogen) atoms. The highest BCUT2D eigenvalue weighted by Crippen LogP contribution is 2.44. The van der Waals surface area contributed by atoms with E-state index in [0.717, 1.165) is 27.9 Å². The summed E-state index contributed by atoms with van der Waals surface area (Å²) in [6, 6.07) is 47.5. The molecule has 0 saturated heterocycles. The molecule has 0 unspecified atom stereocenters. The Morgan fingerprint density at radius 1 is 0.359 bits per heavy atom. The van der Waals surface area contributed by atoms with Crippen LogP contribution in [0.25, 0.3) is 76.9 Å². The van der Waals surface area contributed by atoms with E-state index in [0.29, 0.717) is 0 Å². The second kappa shape index (κ2) is 7.62. The fourth-order valence-electron chi connectivity index (χ4n) is 6.49. The normalized spacial score (nSPS) is 12.1. The lowest BCUT2D eigenvalue weighted by atomic mass is 10.0. The molecule has 9 rings (SSSR count). The van der Waals surface area contributed by atoms with E-state index in [2.05, 4.69) is 137 Å². The Morgan fingerprint density at radius 2 is 0.974 bits per heavy atom. The molecule has 3 aromatic heterocycles. The minimum atomic E-state index is 0.919. The number of nitrogens with zero attached hydrogens (tertiary/aromatic N) is 2. The van der Waals surface area contributed by atoms with Crippen LogP contribution in [0.1, 0.15) is 0 Å². The van der Waals surface area contributed by atoms with Gasteiger partial charge in [-0.1, -0.05) is 72.8 Å². The van der Waals surface area contributed by atoms with Gasteiger partial charge in [-0.25, -0.2) is 0 Å². The molecule has 6 aromatic carbocycles. The smallest absolute Gasteiger partial charge is 0.136 e. The molecule has 9 aromatic rings. The predicted molar refractivity (Wildman–Crippen MR) is 162 cm³/mol. The van der Waals surface area contributed by atoms with Gasteiger partial charge in [0.05, 0.1) is 22.1 Å². The van der Waals surface area contributed by atoms with Crippen molar-refractivity contribution >= 4 is 65.6 Å². The molecule has 0 bridgehead atoms. The number of benzene rings is 6. The van der Waals surface area contributed by atoms with Crippen molar-refractivity contribution in [2.45, 2.75) is 0 Å². The van der Waals surface area contributed by atoms with Crippen molar-refractivity contribution in [3.8, 4) is 11.4 Å². The van der Waals surface area contributed by atoms with Crippen molar-refractivity contribution in [2.75, 3.05) is 0 Å². The molecule has 0 aliphatic heterocycles. The maximum atomic E-state index is 6.33.